The van der Waals surface area contributed by atoms with Gasteiger partial charge in [-0.2, -0.15) is 0 Å². The molecule has 2 rings (SSSR count). The van der Waals surface area contributed by atoms with E-state index in [1.807, 2.05) is 27.7 Å². The Labute approximate surface area is 187 Å². The van der Waals surface area contributed by atoms with Crippen molar-refractivity contribution in [1.82, 2.24) is 10.2 Å². The summed E-state index contributed by atoms with van der Waals surface area (Å²) in [7, 11) is 0. The SMILES string of the molecule is CC[C@H](C(=O)NC(C)(C)C)N(Cc1ccc(F)cc1)C(=O)Cc1c(Cl)cccc1Cl. The molecule has 1 atom stereocenters. The summed E-state index contributed by atoms with van der Waals surface area (Å²) in [5.41, 5.74) is 0.791. The monoisotopic (exact) mass is 452 g/mol. The fourth-order valence-electron chi connectivity index (χ4n) is 3.11. The van der Waals surface area contributed by atoms with Gasteiger partial charge in [0, 0.05) is 22.1 Å². The highest BCUT2D eigenvalue weighted by Gasteiger charge is 2.31. The maximum absolute atomic E-state index is 13.3. The lowest BCUT2D eigenvalue weighted by Gasteiger charge is -2.33. The summed E-state index contributed by atoms with van der Waals surface area (Å²) in [6.07, 6.45) is 0.379. The summed E-state index contributed by atoms with van der Waals surface area (Å²) >= 11 is 12.5. The van der Waals surface area contributed by atoms with Gasteiger partial charge in [0.15, 0.2) is 0 Å². The van der Waals surface area contributed by atoms with E-state index in [9.17, 15) is 14.0 Å². The van der Waals surface area contributed by atoms with Crippen LogP contribution in [-0.4, -0.2) is 28.3 Å². The Kier molecular flexibility index (Phi) is 8.27. The fraction of sp³-hybridized carbons (Fsp3) is 0.391. The molecule has 0 aliphatic rings. The summed E-state index contributed by atoms with van der Waals surface area (Å²) in [6.45, 7) is 7.66. The van der Waals surface area contributed by atoms with Crippen LogP contribution in [0, 0.1) is 5.82 Å². The van der Waals surface area contributed by atoms with Crippen LogP contribution in [-0.2, 0) is 22.6 Å². The summed E-state index contributed by atoms with van der Waals surface area (Å²) in [6, 6.07) is 10.2. The number of carbonyl (C=O) groups excluding carboxylic acids is 2. The van der Waals surface area contributed by atoms with Crippen molar-refractivity contribution in [2.45, 2.75) is 58.7 Å². The van der Waals surface area contributed by atoms with Gasteiger partial charge in [-0.3, -0.25) is 9.59 Å². The van der Waals surface area contributed by atoms with Crippen molar-refractivity contribution in [3.8, 4) is 0 Å². The molecular formula is C23H27Cl2FN2O2. The molecule has 0 radical (unpaired) electrons. The zero-order valence-corrected chi connectivity index (χ0v) is 19.1. The molecular weight excluding hydrogens is 426 g/mol. The topological polar surface area (TPSA) is 49.4 Å². The highest BCUT2D eigenvalue weighted by Crippen LogP contribution is 2.26. The first kappa shape index (κ1) is 24.2. The van der Waals surface area contributed by atoms with Crippen LogP contribution in [0.15, 0.2) is 42.5 Å². The van der Waals surface area contributed by atoms with Crippen molar-refractivity contribution in [2.24, 2.45) is 0 Å². The Morgan fingerprint density at radius 3 is 2.13 bits per heavy atom. The number of nitrogens with one attached hydrogen (secondary N) is 1. The standard InChI is InChI=1S/C23H27Cl2FN2O2/c1-5-20(22(30)27-23(2,3)4)28(14-15-9-11-16(26)12-10-15)21(29)13-17-18(24)7-6-8-19(17)25/h6-12,20H,5,13-14H2,1-4H3,(H,27,30)/t20-/m1/s1. The maximum Gasteiger partial charge on any atom is 0.243 e. The van der Waals surface area contributed by atoms with Crippen LogP contribution >= 0.6 is 23.2 Å². The third kappa shape index (κ3) is 6.71. The predicted octanol–water partition coefficient (Wildman–Crippen LogP) is 5.40. The molecule has 7 heteroatoms. The van der Waals surface area contributed by atoms with Crippen molar-refractivity contribution in [1.29, 1.82) is 0 Å². The Morgan fingerprint density at radius 1 is 1.07 bits per heavy atom. The summed E-state index contributed by atoms with van der Waals surface area (Å²) in [4.78, 5) is 27.8. The number of carbonyl (C=O) groups is 2. The molecule has 1 N–H and O–H groups in total. The number of amides is 2. The van der Waals surface area contributed by atoms with E-state index in [-0.39, 0.29) is 30.6 Å². The van der Waals surface area contributed by atoms with Gasteiger partial charge in [0.25, 0.3) is 0 Å². The maximum atomic E-state index is 13.3. The van der Waals surface area contributed by atoms with E-state index in [0.717, 1.165) is 5.56 Å². The molecule has 2 amide bonds. The molecule has 0 saturated heterocycles. The van der Waals surface area contributed by atoms with Crippen LogP contribution in [0.5, 0.6) is 0 Å². The molecule has 0 aliphatic heterocycles. The second-order valence-electron chi connectivity index (χ2n) is 8.19. The van der Waals surface area contributed by atoms with E-state index >= 15 is 0 Å². The molecule has 0 spiro atoms. The number of benzene rings is 2. The lowest BCUT2D eigenvalue weighted by molar-refractivity contribution is -0.141. The van der Waals surface area contributed by atoms with Gasteiger partial charge in [0.05, 0.1) is 6.42 Å². The lowest BCUT2D eigenvalue weighted by Crippen LogP contribution is -2.53. The number of hydrogen-bond acceptors (Lipinski definition) is 2. The van der Waals surface area contributed by atoms with Gasteiger partial charge in [-0.25, -0.2) is 4.39 Å². The molecule has 0 fully saturated rings. The molecule has 4 nitrogen and oxygen atoms in total. The van der Waals surface area contributed by atoms with E-state index in [0.29, 0.717) is 22.0 Å². The molecule has 0 unspecified atom stereocenters. The van der Waals surface area contributed by atoms with Gasteiger partial charge in [0.1, 0.15) is 11.9 Å². The highest BCUT2D eigenvalue weighted by molar-refractivity contribution is 6.36. The molecule has 30 heavy (non-hydrogen) atoms. The van der Waals surface area contributed by atoms with E-state index in [4.69, 9.17) is 23.2 Å². The minimum absolute atomic E-state index is 0.0427. The third-order valence-corrected chi connectivity index (χ3v) is 5.25. The summed E-state index contributed by atoms with van der Waals surface area (Å²) in [5.74, 6) is -0.895. The van der Waals surface area contributed by atoms with Crippen LogP contribution in [0.2, 0.25) is 10.0 Å². The Morgan fingerprint density at radius 2 is 1.63 bits per heavy atom. The van der Waals surface area contributed by atoms with Gasteiger partial charge in [-0.05, 0) is 62.6 Å². The van der Waals surface area contributed by atoms with Crippen molar-refractivity contribution in [3.63, 3.8) is 0 Å². The van der Waals surface area contributed by atoms with Gasteiger partial charge >= 0.3 is 0 Å². The molecule has 2 aromatic carbocycles. The Balaban J connectivity index is 2.36. The van der Waals surface area contributed by atoms with Crippen LogP contribution in [0.25, 0.3) is 0 Å². The van der Waals surface area contributed by atoms with E-state index < -0.39 is 11.6 Å². The Bertz CT molecular complexity index is 875. The lowest BCUT2D eigenvalue weighted by atomic mass is 10.0. The molecule has 0 aliphatic carbocycles. The third-order valence-electron chi connectivity index (χ3n) is 4.54. The molecule has 2 aromatic rings. The molecule has 0 heterocycles. The van der Waals surface area contributed by atoms with Crippen molar-refractivity contribution < 1.29 is 14.0 Å². The van der Waals surface area contributed by atoms with E-state index in [1.54, 1.807) is 30.3 Å². The van der Waals surface area contributed by atoms with Crippen LogP contribution in [0.3, 0.4) is 0 Å². The zero-order chi connectivity index (χ0) is 22.5. The number of halogens is 3. The first-order valence-electron chi connectivity index (χ1n) is 9.80. The van der Waals surface area contributed by atoms with Crippen molar-refractivity contribution in [3.05, 3.63) is 69.5 Å². The first-order chi connectivity index (χ1) is 14.0. The smallest absolute Gasteiger partial charge is 0.243 e. The normalized spacial score (nSPS) is 12.4. The fourth-order valence-corrected chi connectivity index (χ4v) is 3.64. The van der Waals surface area contributed by atoms with Gasteiger partial charge < -0.3 is 10.2 Å². The van der Waals surface area contributed by atoms with Crippen LogP contribution in [0.1, 0.15) is 45.2 Å². The zero-order valence-electron chi connectivity index (χ0n) is 17.6. The summed E-state index contributed by atoms with van der Waals surface area (Å²) in [5, 5.41) is 3.73. The Hall–Kier alpha value is -2.11. The van der Waals surface area contributed by atoms with Crippen LogP contribution < -0.4 is 5.32 Å². The van der Waals surface area contributed by atoms with E-state index in [1.165, 1.54) is 17.0 Å². The largest absolute Gasteiger partial charge is 0.350 e. The molecule has 162 valence electrons. The average molecular weight is 453 g/mol. The molecule has 0 bridgehead atoms. The second kappa shape index (κ2) is 10.3. The van der Waals surface area contributed by atoms with Gasteiger partial charge in [-0.1, -0.05) is 48.3 Å². The predicted molar refractivity (Wildman–Crippen MR) is 119 cm³/mol. The summed E-state index contributed by atoms with van der Waals surface area (Å²) < 4.78 is 13.3. The molecule has 0 aromatic heterocycles. The minimum Gasteiger partial charge on any atom is -0.350 e. The number of rotatable bonds is 7. The van der Waals surface area contributed by atoms with Crippen molar-refractivity contribution in [2.75, 3.05) is 0 Å². The van der Waals surface area contributed by atoms with Crippen LogP contribution in [0.4, 0.5) is 4.39 Å². The second-order valence-corrected chi connectivity index (χ2v) is 9.00. The van der Waals surface area contributed by atoms with E-state index in [2.05, 4.69) is 5.32 Å². The molecule has 0 saturated carbocycles. The minimum atomic E-state index is -0.692. The van der Waals surface area contributed by atoms with Gasteiger partial charge in [-0.15, -0.1) is 0 Å². The van der Waals surface area contributed by atoms with Crippen molar-refractivity contribution >= 4 is 35.0 Å². The number of nitrogens with zero attached hydrogens (tertiary/aromatic N) is 1. The quantitative estimate of drug-likeness (QED) is 0.611. The number of hydrogen-bond donors (Lipinski definition) is 1. The van der Waals surface area contributed by atoms with Gasteiger partial charge in [0.2, 0.25) is 11.8 Å². The average Bonchev–Trinajstić information content (AvgIpc) is 2.64. The highest BCUT2D eigenvalue weighted by atomic mass is 35.5. The first-order valence-corrected chi connectivity index (χ1v) is 10.6.